The Hall–Kier alpha value is -1.35. The fourth-order valence-corrected chi connectivity index (χ4v) is 1.98. The molecule has 0 saturated carbocycles. The Morgan fingerprint density at radius 1 is 1.31 bits per heavy atom. The fourth-order valence-electron chi connectivity index (χ4n) is 1.98. The lowest BCUT2D eigenvalue weighted by atomic mass is 10.1. The third-order valence-electron chi connectivity index (χ3n) is 2.89. The van der Waals surface area contributed by atoms with E-state index < -0.39 is 0 Å². The largest absolute Gasteiger partial charge is 0.382 e. The second-order valence-electron chi connectivity index (χ2n) is 4.13. The minimum absolute atomic E-state index is 0.107. The molecule has 1 aliphatic heterocycles. The first-order chi connectivity index (χ1) is 7.77. The molecule has 1 N–H and O–H groups in total. The van der Waals surface area contributed by atoms with Gasteiger partial charge in [-0.1, -0.05) is 12.1 Å². The molecule has 86 valence electrons. The number of nitrogens with one attached hydrogen (secondary N) is 1. The van der Waals surface area contributed by atoms with Crippen LogP contribution in [0.2, 0.25) is 0 Å². The zero-order chi connectivity index (χ0) is 11.4. The lowest BCUT2D eigenvalue weighted by molar-refractivity contribution is 0.0904. The van der Waals surface area contributed by atoms with Gasteiger partial charge in [-0.15, -0.1) is 0 Å². The van der Waals surface area contributed by atoms with E-state index >= 15 is 0 Å². The van der Waals surface area contributed by atoms with Crippen LogP contribution in [0.4, 0.5) is 5.69 Å². The summed E-state index contributed by atoms with van der Waals surface area (Å²) in [5.41, 5.74) is 1.72. The van der Waals surface area contributed by atoms with Gasteiger partial charge in [0.05, 0.1) is 0 Å². The zero-order valence-corrected chi connectivity index (χ0v) is 9.53. The van der Waals surface area contributed by atoms with Crippen LogP contribution in [0.15, 0.2) is 24.3 Å². The molecular weight excluding hydrogens is 202 g/mol. The molecule has 0 aliphatic carbocycles. The molecule has 0 amide bonds. The highest BCUT2D eigenvalue weighted by Crippen LogP contribution is 2.19. The third kappa shape index (κ3) is 2.61. The average Bonchev–Trinajstić information content (AvgIpc) is 2.31. The number of carbonyl (C=O) groups is 1. The molecule has 1 aromatic carbocycles. The van der Waals surface area contributed by atoms with Crippen LogP contribution >= 0.6 is 0 Å². The summed E-state index contributed by atoms with van der Waals surface area (Å²) in [6.45, 7) is 3.21. The van der Waals surface area contributed by atoms with Crippen LogP contribution in [0.1, 0.15) is 30.1 Å². The highest BCUT2D eigenvalue weighted by Gasteiger charge is 2.15. The van der Waals surface area contributed by atoms with E-state index in [9.17, 15) is 4.79 Å². The molecule has 3 heteroatoms. The van der Waals surface area contributed by atoms with E-state index in [4.69, 9.17) is 4.74 Å². The topological polar surface area (TPSA) is 38.3 Å². The molecule has 1 heterocycles. The Bertz CT molecular complexity index is 370. The Labute approximate surface area is 95.8 Å². The summed E-state index contributed by atoms with van der Waals surface area (Å²) in [5, 5.41) is 3.43. The molecule has 0 aromatic heterocycles. The predicted octanol–water partition coefficient (Wildman–Crippen LogP) is 2.48. The first-order valence-electron chi connectivity index (χ1n) is 5.71. The van der Waals surface area contributed by atoms with Crippen LogP contribution < -0.4 is 5.32 Å². The summed E-state index contributed by atoms with van der Waals surface area (Å²) in [6, 6.07) is 8.10. The normalized spacial score (nSPS) is 17.1. The molecule has 0 spiro atoms. The maximum absolute atomic E-state index is 11.4. The van der Waals surface area contributed by atoms with E-state index in [2.05, 4.69) is 5.32 Å². The summed E-state index contributed by atoms with van der Waals surface area (Å²) in [5.74, 6) is 0.107. The number of anilines is 1. The summed E-state index contributed by atoms with van der Waals surface area (Å²) in [4.78, 5) is 11.4. The average molecular weight is 219 g/mol. The van der Waals surface area contributed by atoms with Gasteiger partial charge in [-0.3, -0.25) is 4.79 Å². The van der Waals surface area contributed by atoms with Gasteiger partial charge in [0.25, 0.3) is 0 Å². The maximum atomic E-state index is 11.4. The van der Waals surface area contributed by atoms with Crippen LogP contribution in [-0.4, -0.2) is 25.0 Å². The Morgan fingerprint density at radius 2 is 2.00 bits per heavy atom. The number of ketones is 1. The smallest absolute Gasteiger partial charge is 0.161 e. The number of para-hydroxylation sites is 1. The molecule has 1 aliphatic rings. The first-order valence-corrected chi connectivity index (χ1v) is 5.71. The van der Waals surface area contributed by atoms with Crippen LogP contribution in [0, 0.1) is 0 Å². The highest BCUT2D eigenvalue weighted by atomic mass is 16.5. The van der Waals surface area contributed by atoms with Gasteiger partial charge in [0.2, 0.25) is 0 Å². The van der Waals surface area contributed by atoms with Gasteiger partial charge >= 0.3 is 0 Å². The van der Waals surface area contributed by atoms with Crippen LogP contribution in [-0.2, 0) is 4.74 Å². The van der Waals surface area contributed by atoms with Crippen molar-refractivity contribution in [2.75, 3.05) is 18.5 Å². The molecule has 1 aromatic rings. The lowest BCUT2D eigenvalue weighted by Gasteiger charge is -2.25. The first kappa shape index (κ1) is 11.1. The molecule has 3 nitrogen and oxygen atoms in total. The zero-order valence-electron chi connectivity index (χ0n) is 9.53. The fraction of sp³-hybridized carbons (Fsp3) is 0.462. The molecule has 2 rings (SSSR count). The van der Waals surface area contributed by atoms with Gasteiger partial charge in [-0.25, -0.2) is 0 Å². The molecule has 0 bridgehead atoms. The van der Waals surface area contributed by atoms with Crippen molar-refractivity contribution < 1.29 is 9.53 Å². The monoisotopic (exact) mass is 219 g/mol. The van der Waals surface area contributed by atoms with Crippen molar-refractivity contribution in [2.45, 2.75) is 25.8 Å². The predicted molar refractivity (Wildman–Crippen MR) is 63.9 cm³/mol. The van der Waals surface area contributed by atoms with Crippen molar-refractivity contribution in [3.05, 3.63) is 29.8 Å². The highest BCUT2D eigenvalue weighted by molar-refractivity contribution is 5.99. The van der Waals surface area contributed by atoms with Gasteiger partial charge in [0.15, 0.2) is 5.78 Å². The molecule has 0 radical (unpaired) electrons. The van der Waals surface area contributed by atoms with Crippen molar-refractivity contribution >= 4 is 11.5 Å². The van der Waals surface area contributed by atoms with E-state index in [0.717, 1.165) is 37.3 Å². The van der Waals surface area contributed by atoms with Gasteiger partial charge in [0.1, 0.15) is 0 Å². The maximum Gasteiger partial charge on any atom is 0.161 e. The molecule has 16 heavy (non-hydrogen) atoms. The minimum Gasteiger partial charge on any atom is -0.382 e. The lowest BCUT2D eigenvalue weighted by Crippen LogP contribution is -2.28. The summed E-state index contributed by atoms with van der Waals surface area (Å²) >= 11 is 0. The van der Waals surface area contributed by atoms with Crippen LogP contribution in [0.5, 0.6) is 0 Å². The SMILES string of the molecule is CC(=O)c1ccccc1NC1CCOCC1. The van der Waals surface area contributed by atoms with E-state index in [1.807, 2.05) is 24.3 Å². The van der Waals surface area contributed by atoms with E-state index in [1.54, 1.807) is 6.92 Å². The number of carbonyl (C=O) groups excluding carboxylic acids is 1. The molecule has 0 atom stereocenters. The van der Waals surface area contributed by atoms with E-state index in [1.165, 1.54) is 0 Å². The molecule has 1 fully saturated rings. The van der Waals surface area contributed by atoms with E-state index in [0.29, 0.717) is 6.04 Å². The minimum atomic E-state index is 0.107. The van der Waals surface area contributed by atoms with Crippen molar-refractivity contribution in [2.24, 2.45) is 0 Å². The van der Waals surface area contributed by atoms with Crippen molar-refractivity contribution in [1.82, 2.24) is 0 Å². The molecule has 1 saturated heterocycles. The third-order valence-corrected chi connectivity index (χ3v) is 2.89. The number of hydrogen-bond acceptors (Lipinski definition) is 3. The number of Topliss-reactive ketones (excluding diaryl/α,β-unsaturated/α-hetero) is 1. The number of ether oxygens (including phenoxy) is 1. The second-order valence-corrected chi connectivity index (χ2v) is 4.13. The van der Waals surface area contributed by atoms with Gasteiger partial charge < -0.3 is 10.1 Å². The van der Waals surface area contributed by atoms with E-state index in [-0.39, 0.29) is 5.78 Å². The summed E-state index contributed by atoms with van der Waals surface area (Å²) in [6.07, 6.45) is 2.01. The number of benzene rings is 1. The van der Waals surface area contributed by atoms with Crippen molar-refractivity contribution in [3.63, 3.8) is 0 Å². The van der Waals surface area contributed by atoms with Crippen molar-refractivity contribution in [3.8, 4) is 0 Å². The standard InChI is InChI=1S/C13H17NO2/c1-10(15)12-4-2-3-5-13(12)14-11-6-8-16-9-7-11/h2-5,11,14H,6-9H2,1H3. The molecule has 0 unspecified atom stereocenters. The number of hydrogen-bond donors (Lipinski definition) is 1. The van der Waals surface area contributed by atoms with Crippen LogP contribution in [0.3, 0.4) is 0 Å². The quantitative estimate of drug-likeness (QED) is 0.794. The van der Waals surface area contributed by atoms with Crippen LogP contribution in [0.25, 0.3) is 0 Å². The second kappa shape index (κ2) is 5.12. The van der Waals surface area contributed by atoms with Crippen molar-refractivity contribution in [1.29, 1.82) is 0 Å². The Kier molecular flexibility index (Phi) is 3.57. The Morgan fingerprint density at radius 3 is 2.69 bits per heavy atom. The van der Waals surface area contributed by atoms with Gasteiger partial charge in [0, 0.05) is 30.5 Å². The van der Waals surface area contributed by atoms with Gasteiger partial charge in [-0.05, 0) is 31.9 Å². The summed E-state index contributed by atoms with van der Waals surface area (Å²) in [7, 11) is 0. The van der Waals surface area contributed by atoms with Gasteiger partial charge in [-0.2, -0.15) is 0 Å². The molecular formula is C13H17NO2. The Balaban J connectivity index is 2.10. The number of rotatable bonds is 3. The summed E-state index contributed by atoms with van der Waals surface area (Å²) < 4.78 is 5.31.